The van der Waals surface area contributed by atoms with Gasteiger partial charge in [0.05, 0.1) is 23.6 Å². The number of rotatable bonds is 3. The summed E-state index contributed by atoms with van der Waals surface area (Å²) in [7, 11) is 0. The van der Waals surface area contributed by atoms with Crippen LogP contribution in [0.4, 0.5) is 4.79 Å². The van der Waals surface area contributed by atoms with Gasteiger partial charge >= 0.3 is 6.16 Å². The highest BCUT2D eigenvalue weighted by Crippen LogP contribution is 2.33. The smallest absolute Gasteiger partial charge is 0.434 e. The summed E-state index contributed by atoms with van der Waals surface area (Å²) >= 11 is 0. The summed E-state index contributed by atoms with van der Waals surface area (Å²) in [5, 5.41) is 10.3. The van der Waals surface area contributed by atoms with Crippen LogP contribution in [0.25, 0.3) is 32.9 Å². The molecule has 7 nitrogen and oxygen atoms in total. The van der Waals surface area contributed by atoms with Gasteiger partial charge in [0.1, 0.15) is 5.52 Å². The number of pyridine rings is 1. The zero-order chi connectivity index (χ0) is 19.7. The maximum atomic E-state index is 12.4. The molecule has 0 saturated carbocycles. The van der Waals surface area contributed by atoms with Crippen LogP contribution in [-0.2, 0) is 4.74 Å². The van der Waals surface area contributed by atoms with Crippen LogP contribution in [0.1, 0.15) is 12.5 Å². The van der Waals surface area contributed by atoms with Gasteiger partial charge in [-0.2, -0.15) is 5.26 Å². The van der Waals surface area contributed by atoms with Crippen molar-refractivity contribution < 1.29 is 14.3 Å². The number of nitriles is 1. The van der Waals surface area contributed by atoms with Gasteiger partial charge in [-0.3, -0.25) is 4.79 Å². The molecule has 28 heavy (non-hydrogen) atoms. The number of carbonyl (C=O) groups is 1. The van der Waals surface area contributed by atoms with E-state index >= 15 is 0 Å². The van der Waals surface area contributed by atoms with Crippen molar-refractivity contribution in [2.45, 2.75) is 6.92 Å². The Balaban J connectivity index is 1.94. The van der Waals surface area contributed by atoms with Gasteiger partial charge in [-0.05, 0) is 42.3 Å². The lowest BCUT2D eigenvalue weighted by Gasteiger charge is -2.07. The summed E-state index contributed by atoms with van der Waals surface area (Å²) in [5.74, 6) is 0.215. The first-order valence-electron chi connectivity index (χ1n) is 8.63. The molecular formula is C21H15N3O4. The average Bonchev–Trinajstić information content (AvgIpc) is 3.12. The summed E-state index contributed by atoms with van der Waals surface area (Å²) in [5.41, 5.74) is 2.86. The highest BCUT2D eigenvalue weighted by molar-refractivity contribution is 6.09. The maximum absolute atomic E-state index is 12.4. The first-order chi connectivity index (χ1) is 13.6. The molecule has 0 atom stereocenters. The van der Waals surface area contributed by atoms with Crippen LogP contribution in [0.2, 0.25) is 0 Å². The molecule has 0 aliphatic rings. The van der Waals surface area contributed by atoms with E-state index in [2.05, 4.69) is 16.0 Å². The van der Waals surface area contributed by atoms with Crippen LogP contribution in [0.5, 0.6) is 5.75 Å². The molecule has 2 aromatic heterocycles. The van der Waals surface area contributed by atoms with Crippen LogP contribution in [0.3, 0.4) is 0 Å². The Kier molecular flexibility index (Phi) is 4.30. The Morgan fingerprint density at radius 1 is 1.18 bits per heavy atom. The summed E-state index contributed by atoms with van der Waals surface area (Å²) in [6, 6.07) is 14.9. The predicted molar refractivity (Wildman–Crippen MR) is 104 cm³/mol. The molecular weight excluding hydrogens is 358 g/mol. The number of hydrogen-bond acceptors (Lipinski definition) is 5. The molecule has 0 radical (unpaired) electrons. The Hall–Kier alpha value is -4.05. The molecule has 0 spiro atoms. The van der Waals surface area contributed by atoms with Crippen LogP contribution >= 0.6 is 0 Å². The van der Waals surface area contributed by atoms with Gasteiger partial charge < -0.3 is 19.4 Å². The van der Waals surface area contributed by atoms with Gasteiger partial charge in [0.2, 0.25) is 0 Å². The number of benzene rings is 2. The van der Waals surface area contributed by atoms with E-state index in [0.29, 0.717) is 27.4 Å². The summed E-state index contributed by atoms with van der Waals surface area (Å²) in [6.45, 7) is 1.86. The molecule has 0 aliphatic heterocycles. The Morgan fingerprint density at radius 3 is 2.79 bits per heavy atom. The third kappa shape index (κ3) is 2.97. The fraction of sp³-hybridized carbons (Fsp3) is 0.0952. The number of aromatic nitrogens is 2. The Bertz CT molecular complexity index is 1310. The minimum atomic E-state index is -0.838. The molecule has 138 valence electrons. The van der Waals surface area contributed by atoms with Crippen molar-refractivity contribution in [2.75, 3.05) is 6.61 Å². The monoisotopic (exact) mass is 373 g/mol. The molecule has 0 saturated heterocycles. The Labute approximate surface area is 159 Å². The Morgan fingerprint density at radius 2 is 2.00 bits per heavy atom. The number of aromatic amines is 2. The van der Waals surface area contributed by atoms with Crippen molar-refractivity contribution in [3.05, 3.63) is 64.6 Å². The summed E-state index contributed by atoms with van der Waals surface area (Å²) < 4.78 is 10.1. The van der Waals surface area contributed by atoms with Gasteiger partial charge in [-0.15, -0.1) is 0 Å². The van der Waals surface area contributed by atoms with E-state index in [1.165, 1.54) is 6.20 Å². The fourth-order valence-corrected chi connectivity index (χ4v) is 3.16. The number of nitrogens with one attached hydrogen (secondary N) is 2. The number of nitrogens with zero attached hydrogens (tertiary/aromatic N) is 1. The predicted octanol–water partition coefficient (Wildman–Crippen LogP) is 4.08. The van der Waals surface area contributed by atoms with Crippen molar-refractivity contribution in [3.63, 3.8) is 0 Å². The van der Waals surface area contributed by atoms with Crippen LogP contribution in [0.15, 0.2) is 53.5 Å². The molecule has 0 fully saturated rings. The number of ether oxygens (including phenoxy) is 2. The third-order valence-electron chi connectivity index (χ3n) is 4.39. The van der Waals surface area contributed by atoms with E-state index in [9.17, 15) is 9.59 Å². The van der Waals surface area contributed by atoms with Crippen LogP contribution in [0, 0.1) is 11.3 Å². The number of carbonyl (C=O) groups excluding carboxylic acids is 1. The second kappa shape index (κ2) is 6.93. The molecule has 4 rings (SSSR count). The SMILES string of the molecule is CCOC(=O)Oc1c[nH]c2c(=O)[nH]c3ccc(-c4cccc(C#N)c4)cc3c12. The molecule has 4 aromatic rings. The highest BCUT2D eigenvalue weighted by atomic mass is 16.7. The lowest BCUT2D eigenvalue weighted by Crippen LogP contribution is -2.10. The molecule has 0 aliphatic carbocycles. The van der Waals surface area contributed by atoms with Gasteiger partial charge in [-0.25, -0.2) is 4.79 Å². The molecule has 0 unspecified atom stereocenters. The van der Waals surface area contributed by atoms with Crippen molar-refractivity contribution in [3.8, 4) is 22.9 Å². The van der Waals surface area contributed by atoms with Crippen molar-refractivity contribution in [1.82, 2.24) is 9.97 Å². The second-order valence-electron chi connectivity index (χ2n) is 6.10. The van der Waals surface area contributed by atoms with Crippen molar-refractivity contribution in [2.24, 2.45) is 0 Å². The van der Waals surface area contributed by atoms with Gasteiger partial charge in [0, 0.05) is 17.1 Å². The van der Waals surface area contributed by atoms with Crippen molar-refractivity contribution in [1.29, 1.82) is 5.26 Å². The quantitative estimate of drug-likeness (QED) is 0.526. The van der Waals surface area contributed by atoms with E-state index in [1.807, 2.05) is 24.3 Å². The minimum Gasteiger partial charge on any atom is -0.434 e. The highest BCUT2D eigenvalue weighted by Gasteiger charge is 2.16. The first-order valence-corrected chi connectivity index (χ1v) is 8.63. The fourth-order valence-electron chi connectivity index (χ4n) is 3.16. The van der Waals surface area contributed by atoms with E-state index in [4.69, 9.17) is 14.7 Å². The number of hydrogen-bond donors (Lipinski definition) is 2. The zero-order valence-electron chi connectivity index (χ0n) is 14.9. The standard InChI is InChI=1S/C21H15N3O4/c1-2-27-21(26)28-17-11-23-19-18(17)15-9-14(6-7-16(15)24-20(19)25)13-5-3-4-12(8-13)10-22/h3-9,11,23H,2H2,1H3,(H,24,25). The van der Waals surface area contributed by atoms with E-state index in [0.717, 1.165) is 11.1 Å². The third-order valence-corrected chi connectivity index (χ3v) is 4.39. The van der Waals surface area contributed by atoms with Gasteiger partial charge in [0.15, 0.2) is 5.75 Å². The van der Waals surface area contributed by atoms with Crippen LogP contribution in [-0.4, -0.2) is 22.7 Å². The van der Waals surface area contributed by atoms with E-state index in [-0.39, 0.29) is 17.9 Å². The number of H-pyrrole nitrogens is 2. The molecule has 2 heterocycles. The molecule has 2 aromatic carbocycles. The summed E-state index contributed by atoms with van der Waals surface area (Å²) in [4.78, 5) is 29.8. The van der Waals surface area contributed by atoms with Gasteiger partial charge in [0.25, 0.3) is 5.56 Å². The first kappa shape index (κ1) is 17.4. The molecule has 0 bridgehead atoms. The lowest BCUT2D eigenvalue weighted by atomic mass is 10.0. The largest absolute Gasteiger partial charge is 0.513 e. The molecule has 0 amide bonds. The zero-order valence-corrected chi connectivity index (χ0v) is 14.9. The van der Waals surface area contributed by atoms with Gasteiger partial charge in [-0.1, -0.05) is 18.2 Å². The van der Waals surface area contributed by atoms with Crippen LogP contribution < -0.4 is 10.3 Å². The van der Waals surface area contributed by atoms with Crippen molar-refractivity contribution >= 4 is 28.0 Å². The molecule has 7 heteroatoms. The molecule has 2 N–H and O–H groups in total. The normalized spacial score (nSPS) is 10.7. The minimum absolute atomic E-state index is 0.182. The topological polar surface area (TPSA) is 108 Å². The van der Waals surface area contributed by atoms with E-state index < -0.39 is 6.16 Å². The van der Waals surface area contributed by atoms with E-state index in [1.54, 1.807) is 25.1 Å². The average molecular weight is 373 g/mol. The number of fused-ring (bicyclic) bond motifs is 3. The maximum Gasteiger partial charge on any atom is 0.513 e. The lowest BCUT2D eigenvalue weighted by molar-refractivity contribution is 0.105. The second-order valence-corrected chi connectivity index (χ2v) is 6.10. The summed E-state index contributed by atoms with van der Waals surface area (Å²) in [6.07, 6.45) is 0.619.